The number of sulfonamides is 1. The van der Waals surface area contributed by atoms with Gasteiger partial charge in [0, 0.05) is 50.4 Å². The summed E-state index contributed by atoms with van der Waals surface area (Å²) in [6.45, 7) is 1.07. The van der Waals surface area contributed by atoms with Gasteiger partial charge in [0.05, 0.1) is 0 Å². The summed E-state index contributed by atoms with van der Waals surface area (Å²) in [5.74, 6) is 0.00000256. The number of hydrogen-bond donors (Lipinski definition) is 2. The number of benzene rings is 1. The average Bonchev–Trinajstić information content (AvgIpc) is 3.05. The summed E-state index contributed by atoms with van der Waals surface area (Å²) in [6, 6.07) is 12.8. The number of rotatable bonds is 6. The molecule has 7 nitrogen and oxygen atoms in total. The molecule has 2 atom stereocenters. The largest absolute Gasteiger partial charge is 0.340 e. The fraction of sp³-hybridized carbons (Fsp3) is 0.333. The molecule has 1 aliphatic rings. The smallest absolute Gasteiger partial charge is 0.242 e. The van der Waals surface area contributed by atoms with Crippen LogP contribution in [-0.4, -0.2) is 49.9 Å². The number of amides is 1. The van der Waals surface area contributed by atoms with Gasteiger partial charge in [-0.1, -0.05) is 30.3 Å². The highest BCUT2D eigenvalue weighted by molar-refractivity contribution is 7.89. The summed E-state index contributed by atoms with van der Waals surface area (Å²) < 4.78 is 26.7. The number of carbonyl (C=O) groups is 1. The molecule has 1 aromatic carbocycles. The van der Waals surface area contributed by atoms with Crippen LogP contribution in [0.3, 0.4) is 0 Å². The fourth-order valence-electron chi connectivity index (χ4n) is 3.13. The van der Waals surface area contributed by atoms with Crippen LogP contribution in [0.2, 0.25) is 0 Å². The van der Waals surface area contributed by atoms with E-state index < -0.39 is 10.0 Å². The Bertz CT molecular complexity index is 854. The molecule has 2 heterocycles. The van der Waals surface area contributed by atoms with E-state index in [-0.39, 0.29) is 60.5 Å². The predicted molar refractivity (Wildman–Crippen MR) is 112 cm³/mol. The van der Waals surface area contributed by atoms with E-state index >= 15 is 0 Å². The van der Waals surface area contributed by atoms with Gasteiger partial charge in [-0.2, -0.15) is 0 Å². The number of pyridine rings is 1. The predicted octanol–water partition coefficient (Wildman–Crippen LogP) is 1.55. The maximum Gasteiger partial charge on any atom is 0.242 e. The van der Waals surface area contributed by atoms with Crippen molar-refractivity contribution in [3.8, 4) is 0 Å². The molecule has 0 radical (unpaired) electrons. The number of nitrogens with two attached hydrogens (primary N) is 1. The highest BCUT2D eigenvalue weighted by atomic mass is 35.5. The second kappa shape index (κ2) is 10.7. The van der Waals surface area contributed by atoms with Crippen molar-refractivity contribution < 1.29 is 13.2 Å². The number of hydrogen-bond acceptors (Lipinski definition) is 5. The SMILES string of the molecule is Cl.Cl.N[C@@H]1CN(C(=O)CCNS(=O)(=O)c2cccnc2)C[C@H]1c1ccccc1. The molecule has 0 aliphatic carbocycles. The maximum atomic E-state index is 12.4. The van der Waals surface area contributed by atoms with Gasteiger partial charge < -0.3 is 10.6 Å². The molecule has 0 bridgehead atoms. The van der Waals surface area contributed by atoms with E-state index in [0.29, 0.717) is 13.1 Å². The minimum absolute atomic E-state index is 0. The summed E-state index contributed by atoms with van der Waals surface area (Å²) in [5, 5.41) is 0. The molecule has 1 amide bonds. The van der Waals surface area contributed by atoms with Gasteiger partial charge in [-0.25, -0.2) is 13.1 Å². The Morgan fingerprint density at radius 2 is 1.86 bits per heavy atom. The fourth-order valence-corrected chi connectivity index (χ4v) is 4.12. The number of halogens is 2. The van der Waals surface area contributed by atoms with Crippen molar-refractivity contribution in [2.24, 2.45) is 5.73 Å². The number of nitrogens with zero attached hydrogens (tertiary/aromatic N) is 2. The van der Waals surface area contributed by atoms with Crippen LogP contribution < -0.4 is 10.5 Å². The van der Waals surface area contributed by atoms with Crippen molar-refractivity contribution in [2.45, 2.75) is 23.3 Å². The van der Waals surface area contributed by atoms with Gasteiger partial charge >= 0.3 is 0 Å². The van der Waals surface area contributed by atoms with E-state index in [0.717, 1.165) is 5.56 Å². The molecule has 1 fully saturated rings. The van der Waals surface area contributed by atoms with E-state index in [9.17, 15) is 13.2 Å². The van der Waals surface area contributed by atoms with Crippen molar-refractivity contribution in [1.29, 1.82) is 0 Å². The monoisotopic (exact) mass is 446 g/mol. The Hall–Kier alpha value is -1.71. The van der Waals surface area contributed by atoms with Gasteiger partial charge in [0.2, 0.25) is 15.9 Å². The lowest BCUT2D eigenvalue weighted by Crippen LogP contribution is -2.35. The zero-order valence-corrected chi connectivity index (χ0v) is 17.6. The van der Waals surface area contributed by atoms with Crippen molar-refractivity contribution in [3.63, 3.8) is 0 Å². The number of carbonyl (C=O) groups excluding carboxylic acids is 1. The lowest BCUT2D eigenvalue weighted by atomic mass is 9.95. The molecule has 1 aromatic heterocycles. The summed E-state index contributed by atoms with van der Waals surface area (Å²) in [7, 11) is -3.65. The van der Waals surface area contributed by atoms with Gasteiger partial charge in [0.1, 0.15) is 4.90 Å². The highest BCUT2D eigenvalue weighted by Gasteiger charge is 2.33. The Morgan fingerprint density at radius 3 is 2.50 bits per heavy atom. The minimum atomic E-state index is -3.65. The first-order valence-corrected chi connectivity index (χ1v) is 9.93. The lowest BCUT2D eigenvalue weighted by Gasteiger charge is -2.16. The van der Waals surface area contributed by atoms with Gasteiger partial charge in [-0.05, 0) is 17.7 Å². The zero-order chi connectivity index (χ0) is 18.6. The molecular weight excluding hydrogens is 423 g/mol. The van der Waals surface area contributed by atoms with E-state index in [1.165, 1.54) is 18.5 Å². The van der Waals surface area contributed by atoms with Gasteiger partial charge in [-0.15, -0.1) is 24.8 Å². The molecule has 2 aromatic rings. The Morgan fingerprint density at radius 1 is 1.14 bits per heavy atom. The van der Waals surface area contributed by atoms with Crippen LogP contribution in [0, 0.1) is 0 Å². The number of likely N-dealkylation sites (tertiary alicyclic amines) is 1. The Labute approximate surface area is 177 Å². The normalized spacial score (nSPS) is 18.8. The first-order chi connectivity index (χ1) is 12.5. The number of aromatic nitrogens is 1. The molecule has 154 valence electrons. The first kappa shape index (κ1) is 24.3. The molecule has 0 spiro atoms. The zero-order valence-electron chi connectivity index (χ0n) is 15.1. The molecule has 3 rings (SSSR count). The molecule has 1 aliphatic heterocycles. The molecule has 0 unspecified atom stereocenters. The second-order valence-corrected chi connectivity index (χ2v) is 8.08. The van der Waals surface area contributed by atoms with Crippen LogP contribution in [0.25, 0.3) is 0 Å². The van der Waals surface area contributed by atoms with E-state index in [1.807, 2.05) is 30.3 Å². The van der Waals surface area contributed by atoms with E-state index in [1.54, 1.807) is 11.0 Å². The third-order valence-electron chi connectivity index (χ3n) is 4.52. The molecule has 1 saturated heterocycles. The van der Waals surface area contributed by atoms with Gasteiger partial charge in [0.25, 0.3) is 0 Å². The number of nitrogens with one attached hydrogen (secondary N) is 1. The standard InChI is InChI=1S/C18H22N4O3S.2ClH/c19-17-13-22(12-16(17)14-5-2-1-3-6-14)18(23)8-10-21-26(24,25)15-7-4-9-20-11-15;;/h1-7,9,11,16-17,21H,8,10,12-13,19H2;2*1H/t16-,17+;;/m0../s1. The lowest BCUT2D eigenvalue weighted by molar-refractivity contribution is -0.130. The van der Waals surface area contributed by atoms with Crippen molar-refractivity contribution in [3.05, 3.63) is 60.4 Å². The molecule has 28 heavy (non-hydrogen) atoms. The molecule has 10 heteroatoms. The maximum absolute atomic E-state index is 12.4. The second-order valence-electron chi connectivity index (χ2n) is 6.32. The van der Waals surface area contributed by atoms with Gasteiger partial charge in [-0.3, -0.25) is 9.78 Å². The summed E-state index contributed by atoms with van der Waals surface area (Å²) in [5.41, 5.74) is 7.32. The van der Waals surface area contributed by atoms with E-state index in [2.05, 4.69) is 9.71 Å². The quantitative estimate of drug-likeness (QED) is 0.699. The van der Waals surface area contributed by atoms with Crippen LogP contribution in [0.15, 0.2) is 59.8 Å². The van der Waals surface area contributed by atoms with Crippen LogP contribution in [0.1, 0.15) is 17.9 Å². The Kier molecular flexibility index (Phi) is 9.32. The van der Waals surface area contributed by atoms with Crippen LogP contribution >= 0.6 is 24.8 Å². The van der Waals surface area contributed by atoms with Crippen LogP contribution in [0.4, 0.5) is 0 Å². The van der Waals surface area contributed by atoms with Crippen LogP contribution in [0.5, 0.6) is 0 Å². The topological polar surface area (TPSA) is 105 Å². The minimum Gasteiger partial charge on any atom is -0.340 e. The van der Waals surface area contributed by atoms with Crippen molar-refractivity contribution in [1.82, 2.24) is 14.6 Å². The summed E-state index contributed by atoms with van der Waals surface area (Å²) in [6.07, 6.45) is 2.87. The van der Waals surface area contributed by atoms with Gasteiger partial charge in [0.15, 0.2) is 0 Å². The third kappa shape index (κ3) is 5.89. The third-order valence-corrected chi connectivity index (χ3v) is 5.97. The Balaban J connectivity index is 0.00000196. The molecule has 0 saturated carbocycles. The van der Waals surface area contributed by atoms with Crippen LogP contribution in [-0.2, 0) is 14.8 Å². The molecule has 3 N–H and O–H groups in total. The van der Waals surface area contributed by atoms with E-state index in [4.69, 9.17) is 5.73 Å². The first-order valence-electron chi connectivity index (χ1n) is 8.45. The summed E-state index contributed by atoms with van der Waals surface area (Å²) >= 11 is 0. The average molecular weight is 447 g/mol. The summed E-state index contributed by atoms with van der Waals surface area (Å²) in [4.78, 5) is 18.0. The van der Waals surface area contributed by atoms with Crippen molar-refractivity contribution in [2.75, 3.05) is 19.6 Å². The highest BCUT2D eigenvalue weighted by Crippen LogP contribution is 2.26. The van der Waals surface area contributed by atoms with Crippen molar-refractivity contribution >= 4 is 40.7 Å². The molecular formula is C18H24Cl2N4O3S.